The van der Waals surface area contributed by atoms with Crippen molar-refractivity contribution in [2.45, 2.75) is 20.8 Å². The number of carbonyl (C=O) groups excluding carboxylic acids is 1. The Hall–Kier alpha value is -3.34. The third-order valence-electron chi connectivity index (χ3n) is 4.31. The lowest BCUT2D eigenvalue weighted by molar-refractivity contribution is 0.102. The van der Waals surface area contributed by atoms with Gasteiger partial charge in [-0.2, -0.15) is 0 Å². The van der Waals surface area contributed by atoms with Crippen molar-refractivity contribution in [1.82, 2.24) is 5.16 Å². The second kappa shape index (κ2) is 7.91. The number of rotatable bonds is 5. The van der Waals surface area contributed by atoms with Gasteiger partial charge in [-0.25, -0.2) is 0 Å². The number of ether oxygens (including phenoxy) is 1. The minimum Gasteiger partial charge on any atom is -0.497 e. The Kier molecular flexibility index (Phi) is 5.41. The summed E-state index contributed by atoms with van der Waals surface area (Å²) in [6.07, 6.45) is 3.72. The van der Waals surface area contributed by atoms with Crippen molar-refractivity contribution >= 4 is 23.7 Å². The fraction of sp³-hybridized carbons (Fsp3) is 0.182. The quantitative estimate of drug-likeness (QED) is 0.691. The van der Waals surface area contributed by atoms with Gasteiger partial charge >= 0.3 is 0 Å². The minimum atomic E-state index is -0.179. The Morgan fingerprint density at radius 1 is 1.07 bits per heavy atom. The number of hydrogen-bond donors (Lipinski definition) is 1. The van der Waals surface area contributed by atoms with Gasteiger partial charge in [0.25, 0.3) is 5.91 Å². The van der Waals surface area contributed by atoms with E-state index in [0.717, 1.165) is 22.4 Å². The zero-order chi connectivity index (χ0) is 19.4. The first kappa shape index (κ1) is 18.5. The lowest BCUT2D eigenvalue weighted by Gasteiger charge is -2.08. The van der Waals surface area contributed by atoms with Gasteiger partial charge in [-0.3, -0.25) is 4.79 Å². The van der Waals surface area contributed by atoms with E-state index < -0.39 is 0 Å². The number of amides is 1. The van der Waals surface area contributed by atoms with E-state index in [2.05, 4.69) is 10.5 Å². The summed E-state index contributed by atoms with van der Waals surface area (Å²) in [6.45, 7) is 5.65. The van der Waals surface area contributed by atoms with E-state index >= 15 is 0 Å². The van der Waals surface area contributed by atoms with Crippen LogP contribution in [0.15, 0.2) is 47.0 Å². The van der Waals surface area contributed by atoms with Gasteiger partial charge in [0.15, 0.2) is 5.76 Å². The molecule has 0 unspecified atom stereocenters. The topological polar surface area (TPSA) is 64.4 Å². The van der Waals surface area contributed by atoms with Gasteiger partial charge in [0, 0.05) is 5.56 Å². The molecular weight excluding hydrogens is 340 g/mol. The molecule has 3 rings (SSSR count). The molecule has 2 aromatic carbocycles. The number of methoxy groups -OCH3 is 1. The van der Waals surface area contributed by atoms with E-state index in [9.17, 15) is 4.79 Å². The van der Waals surface area contributed by atoms with Crippen molar-refractivity contribution in [2.75, 3.05) is 12.4 Å². The maximum absolute atomic E-state index is 12.7. The van der Waals surface area contributed by atoms with Crippen molar-refractivity contribution in [3.8, 4) is 5.75 Å². The van der Waals surface area contributed by atoms with Gasteiger partial charge in [-0.15, -0.1) is 0 Å². The van der Waals surface area contributed by atoms with Gasteiger partial charge in [0.05, 0.1) is 7.11 Å². The summed E-state index contributed by atoms with van der Waals surface area (Å²) in [5.74, 6) is 1.18. The van der Waals surface area contributed by atoms with Gasteiger partial charge in [0.2, 0.25) is 0 Å². The summed E-state index contributed by atoms with van der Waals surface area (Å²) >= 11 is 0. The molecule has 0 radical (unpaired) electrons. The van der Waals surface area contributed by atoms with Crippen molar-refractivity contribution in [3.05, 3.63) is 76.2 Å². The molecule has 138 valence electrons. The Morgan fingerprint density at radius 2 is 1.81 bits per heavy atom. The molecule has 0 atom stereocenters. The van der Waals surface area contributed by atoms with Crippen LogP contribution in [-0.2, 0) is 0 Å². The lowest BCUT2D eigenvalue weighted by atomic mass is 10.0. The number of benzene rings is 2. The van der Waals surface area contributed by atoms with Crippen molar-refractivity contribution in [2.24, 2.45) is 0 Å². The second-order valence-electron chi connectivity index (χ2n) is 6.38. The van der Waals surface area contributed by atoms with Crippen molar-refractivity contribution in [3.63, 3.8) is 0 Å². The second-order valence-corrected chi connectivity index (χ2v) is 6.38. The van der Waals surface area contributed by atoms with Crippen molar-refractivity contribution < 1.29 is 14.1 Å². The van der Waals surface area contributed by atoms with Gasteiger partial charge in [0.1, 0.15) is 17.1 Å². The van der Waals surface area contributed by atoms with Gasteiger partial charge < -0.3 is 14.6 Å². The van der Waals surface area contributed by atoms with Crippen molar-refractivity contribution in [1.29, 1.82) is 0 Å². The first-order chi connectivity index (χ1) is 13.0. The average Bonchev–Trinajstić information content (AvgIpc) is 3.02. The molecule has 0 aliphatic carbocycles. The smallest absolute Gasteiger partial charge is 0.256 e. The Balaban J connectivity index is 1.82. The van der Waals surface area contributed by atoms with Crippen LogP contribution in [0.25, 0.3) is 12.2 Å². The lowest BCUT2D eigenvalue weighted by Crippen LogP contribution is -2.14. The molecule has 0 bridgehead atoms. The molecular formula is C22H22N2O3. The van der Waals surface area contributed by atoms with Crippen LogP contribution in [0.3, 0.4) is 0 Å². The fourth-order valence-corrected chi connectivity index (χ4v) is 2.71. The monoisotopic (exact) mass is 362 g/mol. The molecule has 0 aliphatic heterocycles. The number of aryl methyl sites for hydroxylation is 3. The summed E-state index contributed by atoms with van der Waals surface area (Å²) in [5, 5.41) is 6.98. The van der Waals surface area contributed by atoms with Crippen LogP contribution in [0.5, 0.6) is 5.75 Å². The average molecular weight is 362 g/mol. The predicted octanol–water partition coefficient (Wildman–Crippen LogP) is 5.03. The van der Waals surface area contributed by atoms with E-state index in [-0.39, 0.29) is 5.91 Å². The first-order valence-corrected chi connectivity index (χ1v) is 8.65. The number of anilines is 1. The SMILES string of the molecule is COc1ccc(/C=C/c2noc(C)c2NC(=O)c2cc(C)ccc2C)cc1. The summed E-state index contributed by atoms with van der Waals surface area (Å²) < 4.78 is 10.4. The molecule has 1 amide bonds. The molecule has 1 N–H and O–H groups in total. The maximum Gasteiger partial charge on any atom is 0.256 e. The first-order valence-electron chi connectivity index (χ1n) is 8.65. The predicted molar refractivity (Wildman–Crippen MR) is 107 cm³/mol. The van der Waals surface area contributed by atoms with E-state index in [1.54, 1.807) is 14.0 Å². The number of aromatic nitrogens is 1. The van der Waals surface area contributed by atoms with Crippen LogP contribution in [0, 0.1) is 20.8 Å². The summed E-state index contributed by atoms with van der Waals surface area (Å²) in [6, 6.07) is 13.5. The van der Waals surface area contributed by atoms with Gasteiger partial charge in [-0.05, 0) is 56.2 Å². The normalized spacial score (nSPS) is 11.0. The standard InChI is InChI=1S/C22H22N2O3/c1-14-5-6-15(2)19(13-14)22(25)23-21-16(3)27-24-20(21)12-9-17-7-10-18(26-4)11-8-17/h5-13H,1-4H3,(H,23,25)/b12-9+. The number of nitrogens with zero attached hydrogens (tertiary/aromatic N) is 1. The summed E-state index contributed by atoms with van der Waals surface area (Å²) in [5.41, 5.74) is 4.73. The van der Waals surface area contributed by atoms with Crippen LogP contribution < -0.4 is 10.1 Å². The molecule has 3 aromatic rings. The number of hydrogen-bond acceptors (Lipinski definition) is 4. The molecule has 1 heterocycles. The zero-order valence-corrected chi connectivity index (χ0v) is 15.9. The van der Waals surface area contributed by atoms with Crippen LogP contribution in [-0.4, -0.2) is 18.2 Å². The number of carbonyl (C=O) groups is 1. The highest BCUT2D eigenvalue weighted by Crippen LogP contribution is 2.24. The van der Waals surface area contributed by atoms with Gasteiger partial charge in [-0.1, -0.05) is 41.1 Å². The third kappa shape index (κ3) is 4.26. The molecule has 0 fully saturated rings. The Bertz CT molecular complexity index is 985. The molecule has 27 heavy (non-hydrogen) atoms. The van der Waals surface area contributed by atoms with E-state index in [4.69, 9.17) is 9.26 Å². The molecule has 0 saturated carbocycles. The summed E-state index contributed by atoms with van der Waals surface area (Å²) in [7, 11) is 1.63. The largest absolute Gasteiger partial charge is 0.497 e. The number of nitrogens with one attached hydrogen (secondary N) is 1. The molecule has 5 nitrogen and oxygen atoms in total. The van der Waals surface area contributed by atoms with Crippen LogP contribution in [0.4, 0.5) is 5.69 Å². The molecule has 1 aromatic heterocycles. The highest BCUT2D eigenvalue weighted by atomic mass is 16.5. The Labute approximate surface area is 158 Å². The summed E-state index contributed by atoms with van der Waals surface area (Å²) in [4.78, 5) is 12.7. The van der Waals surface area contributed by atoms with Crippen LogP contribution >= 0.6 is 0 Å². The Morgan fingerprint density at radius 3 is 2.52 bits per heavy atom. The highest BCUT2D eigenvalue weighted by molar-refractivity contribution is 6.06. The minimum absolute atomic E-state index is 0.179. The van der Waals surface area contributed by atoms with E-state index in [1.165, 1.54) is 0 Å². The zero-order valence-electron chi connectivity index (χ0n) is 15.9. The van der Waals surface area contributed by atoms with E-state index in [0.29, 0.717) is 22.7 Å². The molecule has 0 spiro atoms. The maximum atomic E-state index is 12.7. The van der Waals surface area contributed by atoms with Crippen LogP contribution in [0.2, 0.25) is 0 Å². The molecule has 0 saturated heterocycles. The highest BCUT2D eigenvalue weighted by Gasteiger charge is 2.16. The van der Waals surface area contributed by atoms with E-state index in [1.807, 2.05) is 68.5 Å². The molecule has 5 heteroatoms. The van der Waals surface area contributed by atoms with Crippen LogP contribution in [0.1, 0.15) is 38.5 Å². The molecule has 0 aliphatic rings. The fourth-order valence-electron chi connectivity index (χ4n) is 2.71. The third-order valence-corrected chi connectivity index (χ3v) is 4.31.